The highest BCUT2D eigenvalue weighted by Gasteiger charge is 2.28. The van der Waals surface area contributed by atoms with E-state index >= 15 is 0 Å². The van der Waals surface area contributed by atoms with Crippen molar-refractivity contribution in [2.45, 2.75) is 50.6 Å². The molecular weight excluding hydrogens is 284 g/mol. The minimum Gasteiger partial charge on any atom is -0.342 e. The largest absolute Gasteiger partial charge is 0.342 e. The first-order chi connectivity index (χ1) is 11.3. The van der Waals surface area contributed by atoms with Crippen molar-refractivity contribution in [2.75, 3.05) is 7.05 Å². The summed E-state index contributed by atoms with van der Waals surface area (Å²) in [6, 6.07) is 14.5. The molecule has 0 N–H and O–H groups in total. The van der Waals surface area contributed by atoms with Crippen LogP contribution in [0.15, 0.2) is 54.9 Å². The molecule has 3 nitrogen and oxygen atoms in total. The number of nitrogens with zero attached hydrogens (tertiary/aromatic N) is 2. The lowest BCUT2D eigenvalue weighted by Gasteiger charge is -2.34. The molecule has 122 valence electrons. The molecule has 1 unspecified atom stereocenters. The van der Waals surface area contributed by atoms with E-state index in [9.17, 15) is 4.79 Å². The molecule has 1 aliphatic rings. The van der Waals surface area contributed by atoms with Gasteiger partial charge in [0, 0.05) is 31.9 Å². The Hall–Kier alpha value is -2.03. The first kappa shape index (κ1) is 15.9. The van der Waals surface area contributed by atoms with Crippen LogP contribution >= 0.6 is 0 Å². The topological polar surface area (TPSA) is 25.2 Å². The van der Waals surface area contributed by atoms with E-state index in [0.29, 0.717) is 6.04 Å². The third-order valence-electron chi connectivity index (χ3n) is 5.01. The molecule has 1 aromatic heterocycles. The van der Waals surface area contributed by atoms with Gasteiger partial charge in [-0.3, -0.25) is 4.79 Å². The number of hydrogen-bond acceptors (Lipinski definition) is 1. The van der Waals surface area contributed by atoms with Crippen molar-refractivity contribution < 1.29 is 4.79 Å². The van der Waals surface area contributed by atoms with E-state index in [1.54, 1.807) is 0 Å². The molecule has 3 rings (SSSR count). The predicted molar refractivity (Wildman–Crippen MR) is 93.3 cm³/mol. The molecule has 3 heteroatoms. The predicted octanol–water partition coefficient (Wildman–Crippen LogP) is 4.06. The molecule has 0 radical (unpaired) electrons. The maximum Gasteiger partial charge on any atom is 0.245 e. The number of benzene rings is 1. The second kappa shape index (κ2) is 7.49. The molecule has 1 saturated carbocycles. The Bertz CT molecular complexity index is 600. The van der Waals surface area contributed by atoms with Crippen molar-refractivity contribution in [1.29, 1.82) is 0 Å². The quantitative estimate of drug-likeness (QED) is 0.817. The second-order valence-electron chi connectivity index (χ2n) is 6.58. The summed E-state index contributed by atoms with van der Waals surface area (Å²) in [6.07, 6.45) is 10.8. The Morgan fingerprint density at radius 2 is 1.74 bits per heavy atom. The third-order valence-corrected chi connectivity index (χ3v) is 5.01. The van der Waals surface area contributed by atoms with Gasteiger partial charge >= 0.3 is 0 Å². The summed E-state index contributed by atoms with van der Waals surface area (Å²) in [5.74, 6) is 0.233. The molecule has 23 heavy (non-hydrogen) atoms. The maximum absolute atomic E-state index is 13.2. The fraction of sp³-hybridized carbons (Fsp3) is 0.450. The molecule has 0 spiro atoms. The van der Waals surface area contributed by atoms with Crippen molar-refractivity contribution in [3.8, 4) is 0 Å². The lowest BCUT2D eigenvalue weighted by molar-refractivity contribution is -0.136. The number of hydrogen-bond donors (Lipinski definition) is 0. The van der Waals surface area contributed by atoms with Gasteiger partial charge in [-0.25, -0.2) is 0 Å². The van der Waals surface area contributed by atoms with Crippen LogP contribution in [-0.2, 0) is 11.2 Å². The van der Waals surface area contributed by atoms with Crippen molar-refractivity contribution in [3.05, 3.63) is 60.4 Å². The Labute approximate surface area is 138 Å². The Morgan fingerprint density at radius 1 is 1.09 bits per heavy atom. The van der Waals surface area contributed by atoms with Crippen LogP contribution in [0.5, 0.6) is 0 Å². The Morgan fingerprint density at radius 3 is 2.39 bits per heavy atom. The van der Waals surface area contributed by atoms with Crippen LogP contribution in [-0.4, -0.2) is 28.5 Å². The van der Waals surface area contributed by atoms with E-state index in [1.165, 1.54) is 24.8 Å². The SMILES string of the molecule is CN(C(=O)C(Cc1ccccc1)n1cccc1)C1CCCCC1. The van der Waals surface area contributed by atoms with Gasteiger partial charge in [-0.05, 0) is 30.5 Å². The van der Waals surface area contributed by atoms with Gasteiger partial charge in [0.25, 0.3) is 0 Å². The minimum atomic E-state index is -0.153. The summed E-state index contributed by atoms with van der Waals surface area (Å²) in [5.41, 5.74) is 1.21. The molecule has 2 aromatic rings. The summed E-state index contributed by atoms with van der Waals surface area (Å²) < 4.78 is 2.05. The average molecular weight is 310 g/mol. The minimum absolute atomic E-state index is 0.153. The van der Waals surface area contributed by atoms with Gasteiger partial charge in [0.05, 0.1) is 0 Å². The van der Waals surface area contributed by atoms with E-state index in [1.807, 2.05) is 54.7 Å². The monoisotopic (exact) mass is 310 g/mol. The molecule has 0 aliphatic heterocycles. The van der Waals surface area contributed by atoms with Gasteiger partial charge in [-0.15, -0.1) is 0 Å². The van der Waals surface area contributed by atoms with Crippen LogP contribution in [0.1, 0.15) is 43.7 Å². The number of rotatable bonds is 5. The fourth-order valence-corrected chi connectivity index (χ4v) is 3.60. The van der Waals surface area contributed by atoms with Crippen LogP contribution in [0, 0.1) is 0 Å². The molecule has 1 aliphatic carbocycles. The van der Waals surface area contributed by atoms with Gasteiger partial charge in [0.2, 0.25) is 5.91 Å². The summed E-state index contributed by atoms with van der Waals surface area (Å²) >= 11 is 0. The van der Waals surface area contributed by atoms with Gasteiger partial charge in [-0.1, -0.05) is 49.6 Å². The molecule has 0 saturated heterocycles. The first-order valence-electron chi connectivity index (χ1n) is 8.69. The zero-order valence-corrected chi connectivity index (χ0v) is 13.9. The standard InChI is InChI=1S/C20H26N2O/c1-21(18-12-6-3-7-13-18)20(23)19(22-14-8-9-15-22)16-17-10-4-2-5-11-17/h2,4-5,8-11,14-15,18-19H,3,6-7,12-13,16H2,1H3. The number of likely N-dealkylation sites (N-methyl/N-ethyl adjacent to an activating group) is 1. The summed E-state index contributed by atoms with van der Waals surface area (Å²) in [7, 11) is 1.99. The number of amides is 1. The number of carbonyl (C=O) groups is 1. The van der Waals surface area contributed by atoms with Crippen LogP contribution in [0.3, 0.4) is 0 Å². The summed E-state index contributed by atoms with van der Waals surface area (Å²) in [5, 5.41) is 0. The molecular formula is C20H26N2O. The van der Waals surface area contributed by atoms with E-state index < -0.39 is 0 Å². The molecule has 0 bridgehead atoms. The van der Waals surface area contributed by atoms with Crippen LogP contribution < -0.4 is 0 Å². The lowest BCUT2D eigenvalue weighted by Crippen LogP contribution is -2.42. The maximum atomic E-state index is 13.2. The second-order valence-corrected chi connectivity index (χ2v) is 6.58. The van der Waals surface area contributed by atoms with E-state index in [2.05, 4.69) is 16.7 Å². The third kappa shape index (κ3) is 3.84. The normalized spacial score (nSPS) is 16.9. The Balaban J connectivity index is 1.78. The highest BCUT2D eigenvalue weighted by atomic mass is 16.2. The molecule has 1 amide bonds. The van der Waals surface area contributed by atoms with Crippen molar-refractivity contribution in [1.82, 2.24) is 9.47 Å². The first-order valence-corrected chi connectivity index (χ1v) is 8.69. The van der Waals surface area contributed by atoms with E-state index in [0.717, 1.165) is 19.3 Å². The molecule has 1 fully saturated rings. The molecule has 1 heterocycles. The van der Waals surface area contributed by atoms with Crippen molar-refractivity contribution in [2.24, 2.45) is 0 Å². The highest BCUT2D eigenvalue weighted by molar-refractivity contribution is 5.81. The van der Waals surface area contributed by atoms with Gasteiger partial charge in [0.15, 0.2) is 0 Å². The zero-order chi connectivity index (χ0) is 16.1. The molecule has 1 atom stereocenters. The lowest BCUT2D eigenvalue weighted by atomic mass is 9.93. The fourth-order valence-electron chi connectivity index (χ4n) is 3.60. The van der Waals surface area contributed by atoms with Crippen LogP contribution in [0.4, 0.5) is 0 Å². The van der Waals surface area contributed by atoms with Gasteiger partial charge in [-0.2, -0.15) is 0 Å². The zero-order valence-electron chi connectivity index (χ0n) is 13.9. The van der Waals surface area contributed by atoms with Gasteiger partial charge < -0.3 is 9.47 Å². The highest BCUT2D eigenvalue weighted by Crippen LogP contribution is 2.25. The smallest absolute Gasteiger partial charge is 0.245 e. The molecule has 1 aromatic carbocycles. The number of aromatic nitrogens is 1. The van der Waals surface area contributed by atoms with Crippen LogP contribution in [0.2, 0.25) is 0 Å². The summed E-state index contributed by atoms with van der Waals surface area (Å²) in [6.45, 7) is 0. The van der Waals surface area contributed by atoms with E-state index in [4.69, 9.17) is 0 Å². The van der Waals surface area contributed by atoms with Crippen LogP contribution in [0.25, 0.3) is 0 Å². The summed E-state index contributed by atoms with van der Waals surface area (Å²) in [4.78, 5) is 15.2. The van der Waals surface area contributed by atoms with E-state index in [-0.39, 0.29) is 11.9 Å². The average Bonchev–Trinajstić information content (AvgIpc) is 3.14. The Kier molecular flexibility index (Phi) is 5.16. The van der Waals surface area contributed by atoms with Gasteiger partial charge in [0.1, 0.15) is 6.04 Å². The van der Waals surface area contributed by atoms with Crippen molar-refractivity contribution in [3.63, 3.8) is 0 Å². The van der Waals surface area contributed by atoms with Crippen molar-refractivity contribution >= 4 is 5.91 Å². The number of carbonyl (C=O) groups excluding carboxylic acids is 1.